The lowest BCUT2D eigenvalue weighted by Gasteiger charge is -2.36. The molecule has 0 aromatic carbocycles. The molecular formula is C11H18O2. The smallest absolute Gasteiger partial charge is 0.293 e. The summed E-state index contributed by atoms with van der Waals surface area (Å²) in [6, 6.07) is 0. The molecule has 2 heteroatoms. The lowest BCUT2D eigenvalue weighted by Crippen LogP contribution is -2.35. The van der Waals surface area contributed by atoms with Gasteiger partial charge in [0, 0.05) is 5.41 Å². The second-order valence-corrected chi connectivity index (χ2v) is 5.16. The van der Waals surface area contributed by atoms with E-state index in [0.29, 0.717) is 18.5 Å². The minimum atomic E-state index is 0.258. The zero-order valence-electron chi connectivity index (χ0n) is 8.51. The highest BCUT2D eigenvalue weighted by atomic mass is 16.5. The van der Waals surface area contributed by atoms with Gasteiger partial charge in [-0.3, -0.25) is 4.79 Å². The molecule has 2 nitrogen and oxygen atoms in total. The Morgan fingerprint density at radius 3 is 2.38 bits per heavy atom. The Morgan fingerprint density at radius 1 is 1.38 bits per heavy atom. The third-order valence-corrected chi connectivity index (χ3v) is 4.82. The van der Waals surface area contributed by atoms with Crippen LogP contribution in [0.1, 0.15) is 39.5 Å². The maximum absolute atomic E-state index is 10.2. The van der Waals surface area contributed by atoms with Crippen molar-refractivity contribution in [3.05, 3.63) is 0 Å². The van der Waals surface area contributed by atoms with E-state index in [0.717, 1.165) is 5.92 Å². The third kappa shape index (κ3) is 1.04. The molecule has 13 heavy (non-hydrogen) atoms. The van der Waals surface area contributed by atoms with Gasteiger partial charge in [0.05, 0.1) is 6.61 Å². The van der Waals surface area contributed by atoms with Crippen LogP contribution in [0.3, 0.4) is 0 Å². The molecule has 2 rings (SSSR count). The fourth-order valence-corrected chi connectivity index (χ4v) is 3.46. The predicted molar refractivity (Wildman–Crippen MR) is 50.2 cm³/mol. The first-order chi connectivity index (χ1) is 6.12. The van der Waals surface area contributed by atoms with Crippen LogP contribution >= 0.6 is 0 Å². The van der Waals surface area contributed by atoms with Gasteiger partial charge in [0.1, 0.15) is 0 Å². The number of carbonyl (C=O) groups excluding carboxylic acids is 1. The van der Waals surface area contributed by atoms with Crippen LogP contribution < -0.4 is 0 Å². The molecule has 0 saturated heterocycles. The van der Waals surface area contributed by atoms with Crippen LogP contribution in [0.4, 0.5) is 0 Å². The summed E-state index contributed by atoms with van der Waals surface area (Å²) in [5.41, 5.74) is 0.689. The topological polar surface area (TPSA) is 26.3 Å². The fraction of sp³-hybridized carbons (Fsp3) is 0.909. The molecule has 2 aliphatic rings. The van der Waals surface area contributed by atoms with Gasteiger partial charge in [-0.25, -0.2) is 0 Å². The van der Waals surface area contributed by atoms with Crippen LogP contribution in [0.25, 0.3) is 0 Å². The average Bonchev–Trinajstić information content (AvgIpc) is 2.50. The fourth-order valence-electron chi connectivity index (χ4n) is 3.46. The summed E-state index contributed by atoms with van der Waals surface area (Å²) >= 11 is 0. The van der Waals surface area contributed by atoms with Crippen molar-refractivity contribution in [1.29, 1.82) is 0 Å². The minimum Gasteiger partial charge on any atom is -0.467 e. The van der Waals surface area contributed by atoms with Crippen molar-refractivity contribution >= 4 is 6.47 Å². The van der Waals surface area contributed by atoms with Gasteiger partial charge >= 0.3 is 0 Å². The van der Waals surface area contributed by atoms with Gasteiger partial charge in [-0.1, -0.05) is 13.8 Å². The highest BCUT2D eigenvalue weighted by Gasteiger charge is 2.59. The summed E-state index contributed by atoms with van der Waals surface area (Å²) in [6.45, 7) is 5.86. The molecule has 2 bridgehead atoms. The van der Waals surface area contributed by atoms with Gasteiger partial charge in [0.2, 0.25) is 0 Å². The zero-order chi connectivity index (χ0) is 9.53. The van der Waals surface area contributed by atoms with Crippen molar-refractivity contribution in [2.75, 3.05) is 6.61 Å². The van der Waals surface area contributed by atoms with E-state index in [1.807, 2.05) is 0 Å². The summed E-state index contributed by atoms with van der Waals surface area (Å²) in [5, 5.41) is 0. The molecule has 2 fully saturated rings. The summed E-state index contributed by atoms with van der Waals surface area (Å²) in [6.07, 6.45) is 5.29. The van der Waals surface area contributed by atoms with E-state index in [1.54, 1.807) is 0 Å². The summed E-state index contributed by atoms with van der Waals surface area (Å²) in [7, 11) is 0. The molecule has 0 aromatic rings. The van der Waals surface area contributed by atoms with E-state index in [-0.39, 0.29) is 5.41 Å². The predicted octanol–water partition coefficient (Wildman–Crippen LogP) is 2.38. The van der Waals surface area contributed by atoms with Crippen LogP contribution in [0, 0.1) is 16.7 Å². The number of ether oxygens (including phenoxy) is 1. The SMILES string of the molecule is CC12CCC(CC1)C2(C)COC=O. The monoisotopic (exact) mass is 182 g/mol. The average molecular weight is 182 g/mol. The molecule has 1 atom stereocenters. The molecular weight excluding hydrogens is 164 g/mol. The second kappa shape index (κ2) is 2.73. The largest absolute Gasteiger partial charge is 0.467 e. The maximum Gasteiger partial charge on any atom is 0.293 e. The van der Waals surface area contributed by atoms with E-state index in [1.165, 1.54) is 25.7 Å². The summed E-state index contributed by atoms with van der Waals surface area (Å²) < 4.78 is 4.99. The highest BCUT2D eigenvalue weighted by molar-refractivity contribution is 5.37. The Balaban J connectivity index is 2.16. The Bertz CT molecular complexity index is 216. The Labute approximate surface area is 79.7 Å². The first kappa shape index (κ1) is 9.04. The van der Waals surface area contributed by atoms with Crippen LogP contribution in [0.15, 0.2) is 0 Å². The van der Waals surface area contributed by atoms with Crippen molar-refractivity contribution in [3.8, 4) is 0 Å². The quantitative estimate of drug-likeness (QED) is 0.626. The number of carbonyl (C=O) groups is 1. The van der Waals surface area contributed by atoms with E-state index in [2.05, 4.69) is 13.8 Å². The number of hydrogen-bond acceptors (Lipinski definition) is 2. The highest BCUT2D eigenvalue weighted by Crippen LogP contribution is 2.65. The van der Waals surface area contributed by atoms with Crippen molar-refractivity contribution < 1.29 is 9.53 Å². The standard InChI is InChI=1S/C11H18O2/c1-10-5-3-9(4-6-10)11(10,2)7-13-8-12/h8-9H,3-7H2,1-2H3. The van der Waals surface area contributed by atoms with E-state index in [9.17, 15) is 4.79 Å². The number of hydrogen-bond donors (Lipinski definition) is 0. The lowest BCUT2D eigenvalue weighted by molar-refractivity contribution is -0.134. The first-order valence-electron chi connectivity index (χ1n) is 5.18. The number of rotatable bonds is 3. The van der Waals surface area contributed by atoms with E-state index in [4.69, 9.17) is 4.74 Å². The molecule has 2 aliphatic carbocycles. The Morgan fingerprint density at radius 2 is 2.00 bits per heavy atom. The first-order valence-corrected chi connectivity index (χ1v) is 5.18. The maximum atomic E-state index is 10.2. The summed E-state index contributed by atoms with van der Waals surface area (Å²) in [5.74, 6) is 0.789. The third-order valence-electron chi connectivity index (χ3n) is 4.82. The minimum absolute atomic E-state index is 0.258. The van der Waals surface area contributed by atoms with Gasteiger partial charge in [0.25, 0.3) is 6.47 Å². The van der Waals surface area contributed by atoms with Crippen LogP contribution in [0.2, 0.25) is 0 Å². The van der Waals surface area contributed by atoms with Gasteiger partial charge < -0.3 is 4.74 Å². The molecule has 1 unspecified atom stereocenters. The van der Waals surface area contributed by atoms with Gasteiger partial charge in [-0.2, -0.15) is 0 Å². The molecule has 74 valence electrons. The second-order valence-electron chi connectivity index (χ2n) is 5.16. The van der Waals surface area contributed by atoms with Crippen LogP contribution in [-0.4, -0.2) is 13.1 Å². The molecule has 0 N–H and O–H groups in total. The van der Waals surface area contributed by atoms with E-state index >= 15 is 0 Å². The lowest BCUT2D eigenvalue weighted by atomic mass is 9.70. The van der Waals surface area contributed by atoms with E-state index < -0.39 is 0 Å². The Hall–Kier alpha value is -0.530. The van der Waals surface area contributed by atoms with Crippen molar-refractivity contribution in [2.24, 2.45) is 16.7 Å². The van der Waals surface area contributed by atoms with Gasteiger partial charge in [0.15, 0.2) is 0 Å². The molecule has 0 amide bonds. The molecule has 0 spiro atoms. The number of fused-ring (bicyclic) bond motifs is 2. The normalized spacial score (nSPS) is 48.0. The molecule has 0 heterocycles. The molecule has 0 aromatic heterocycles. The van der Waals surface area contributed by atoms with Crippen molar-refractivity contribution in [1.82, 2.24) is 0 Å². The summed E-state index contributed by atoms with van der Waals surface area (Å²) in [4.78, 5) is 10.2. The molecule has 0 radical (unpaired) electrons. The van der Waals surface area contributed by atoms with Crippen molar-refractivity contribution in [3.63, 3.8) is 0 Å². The molecule has 0 aliphatic heterocycles. The van der Waals surface area contributed by atoms with Crippen molar-refractivity contribution in [2.45, 2.75) is 39.5 Å². The van der Waals surface area contributed by atoms with Crippen LogP contribution in [-0.2, 0) is 9.53 Å². The van der Waals surface area contributed by atoms with Gasteiger partial charge in [-0.15, -0.1) is 0 Å². The Kier molecular flexibility index (Phi) is 1.90. The van der Waals surface area contributed by atoms with Gasteiger partial charge in [-0.05, 0) is 37.0 Å². The van der Waals surface area contributed by atoms with Crippen LogP contribution in [0.5, 0.6) is 0 Å². The molecule has 2 saturated carbocycles. The zero-order valence-corrected chi connectivity index (χ0v) is 8.51.